The normalized spacial score (nSPS) is 17.3. The number of aliphatic hydroxyl groups is 1. The number of likely N-dealkylation sites (tertiary alicyclic amines) is 1. The van der Waals surface area contributed by atoms with E-state index < -0.39 is 6.23 Å². The number of nitrogens with one attached hydrogen (secondary N) is 3. The Hall–Kier alpha value is -3.99. The summed E-state index contributed by atoms with van der Waals surface area (Å²) in [5, 5.41) is 34.6. The van der Waals surface area contributed by atoms with Crippen LogP contribution in [0.1, 0.15) is 24.0 Å². The molecule has 2 aromatic carbocycles. The highest BCUT2D eigenvalue weighted by atomic mass is 16.5. The lowest BCUT2D eigenvalue weighted by Crippen LogP contribution is -2.40. The van der Waals surface area contributed by atoms with Gasteiger partial charge in [0.05, 0.1) is 18.8 Å². The molecule has 0 amide bonds. The van der Waals surface area contributed by atoms with Gasteiger partial charge in [-0.15, -0.1) is 0 Å². The lowest BCUT2D eigenvalue weighted by molar-refractivity contribution is 0.122. The van der Waals surface area contributed by atoms with Gasteiger partial charge in [-0.1, -0.05) is 30.8 Å². The number of morpholine rings is 1. The fraction of sp³-hybridized carbons (Fsp3) is 0.367. The predicted octanol–water partition coefficient (Wildman–Crippen LogP) is 3.68. The molecule has 0 bridgehead atoms. The molecule has 3 heterocycles. The molecule has 5 rings (SSSR count). The number of ether oxygens (including phenoxy) is 1. The van der Waals surface area contributed by atoms with Crippen LogP contribution in [0.2, 0.25) is 0 Å². The lowest BCUT2D eigenvalue weighted by Gasteiger charge is -2.34. The number of phenolic OH excluding ortho intramolecular Hbond substituents is 1. The number of hydrogen-bond acceptors (Lipinski definition) is 10. The Morgan fingerprint density at radius 2 is 1.82 bits per heavy atom. The summed E-state index contributed by atoms with van der Waals surface area (Å²) < 4.78 is 5.54. The Labute approximate surface area is 234 Å². The van der Waals surface area contributed by atoms with Crippen molar-refractivity contribution in [3.05, 3.63) is 72.3 Å². The van der Waals surface area contributed by atoms with Gasteiger partial charge in [-0.05, 0) is 48.7 Å². The van der Waals surface area contributed by atoms with Gasteiger partial charge in [0.25, 0.3) is 0 Å². The van der Waals surface area contributed by atoms with Gasteiger partial charge in [0.2, 0.25) is 0 Å². The van der Waals surface area contributed by atoms with Crippen molar-refractivity contribution in [1.29, 1.82) is 5.41 Å². The van der Waals surface area contributed by atoms with Crippen LogP contribution < -0.4 is 15.5 Å². The topological polar surface area (TPSA) is 130 Å². The number of anilines is 3. The number of aromatic nitrogens is 2. The van der Waals surface area contributed by atoms with Crippen molar-refractivity contribution < 1.29 is 14.9 Å². The molecule has 0 aliphatic carbocycles. The fourth-order valence-electron chi connectivity index (χ4n) is 5.11. The second-order valence-electron chi connectivity index (χ2n) is 10.1. The van der Waals surface area contributed by atoms with Crippen LogP contribution in [-0.2, 0) is 11.3 Å². The van der Waals surface area contributed by atoms with Crippen molar-refractivity contribution in [2.24, 2.45) is 0 Å². The molecule has 2 saturated heterocycles. The summed E-state index contributed by atoms with van der Waals surface area (Å²) in [6.45, 7) is 8.93. The molecule has 1 unspecified atom stereocenters. The second-order valence-corrected chi connectivity index (χ2v) is 10.1. The molecule has 10 nitrogen and oxygen atoms in total. The number of rotatable bonds is 10. The monoisotopic (exact) mass is 543 g/mol. The molecule has 10 heteroatoms. The second kappa shape index (κ2) is 12.9. The zero-order chi connectivity index (χ0) is 27.9. The van der Waals surface area contributed by atoms with E-state index in [9.17, 15) is 10.2 Å². The van der Waals surface area contributed by atoms with Crippen molar-refractivity contribution in [2.75, 3.05) is 54.9 Å². The summed E-state index contributed by atoms with van der Waals surface area (Å²) in [5.41, 5.74) is 3.47. The SMILES string of the molecule is C=CC(O)Nc1ccc(CN2CCC(Nc3nc(-c4cccc(O)c4)nc(N4CCOCC4)c3C=N)CC2)cc1. The quantitative estimate of drug-likeness (QED) is 0.148. The Balaban J connectivity index is 1.28. The molecular weight excluding hydrogens is 506 g/mol. The van der Waals surface area contributed by atoms with Gasteiger partial charge >= 0.3 is 0 Å². The van der Waals surface area contributed by atoms with Crippen LogP contribution in [0.5, 0.6) is 5.75 Å². The van der Waals surface area contributed by atoms with Gasteiger partial charge in [0.15, 0.2) is 5.82 Å². The van der Waals surface area contributed by atoms with Crippen LogP contribution in [-0.4, -0.2) is 83.0 Å². The third kappa shape index (κ3) is 6.77. The Morgan fingerprint density at radius 1 is 1.07 bits per heavy atom. The van der Waals surface area contributed by atoms with Gasteiger partial charge in [0, 0.05) is 56.2 Å². The van der Waals surface area contributed by atoms with Crippen LogP contribution in [0, 0.1) is 5.41 Å². The fourth-order valence-corrected chi connectivity index (χ4v) is 5.11. The molecular formula is C30H37N7O3. The van der Waals surface area contributed by atoms with E-state index in [2.05, 4.69) is 39.1 Å². The lowest BCUT2D eigenvalue weighted by atomic mass is 10.0. The molecule has 2 aliphatic rings. The molecule has 0 spiro atoms. The van der Waals surface area contributed by atoms with Crippen LogP contribution in [0.3, 0.4) is 0 Å². The number of nitrogens with zero attached hydrogens (tertiary/aromatic N) is 4. The highest BCUT2D eigenvalue weighted by Crippen LogP contribution is 2.30. The van der Waals surface area contributed by atoms with Crippen molar-refractivity contribution in [2.45, 2.75) is 31.7 Å². The van der Waals surface area contributed by atoms with Crippen LogP contribution in [0.25, 0.3) is 11.4 Å². The van der Waals surface area contributed by atoms with Gasteiger partial charge in [-0.3, -0.25) is 4.90 Å². The van der Waals surface area contributed by atoms with Gasteiger partial charge in [-0.25, -0.2) is 9.97 Å². The number of benzene rings is 2. The molecule has 3 aromatic rings. The molecule has 0 saturated carbocycles. The minimum atomic E-state index is -0.763. The van der Waals surface area contributed by atoms with Gasteiger partial charge < -0.3 is 35.9 Å². The first kappa shape index (κ1) is 27.6. The van der Waals surface area contributed by atoms with Crippen molar-refractivity contribution in [3.8, 4) is 17.1 Å². The number of piperidine rings is 1. The number of aliphatic hydroxyl groups excluding tert-OH is 1. The Morgan fingerprint density at radius 3 is 2.50 bits per heavy atom. The maximum Gasteiger partial charge on any atom is 0.164 e. The molecule has 1 aromatic heterocycles. The molecule has 0 radical (unpaired) electrons. The summed E-state index contributed by atoms with van der Waals surface area (Å²) in [6, 6.07) is 15.3. The number of aromatic hydroxyl groups is 1. The summed E-state index contributed by atoms with van der Waals surface area (Å²) in [4.78, 5) is 14.3. The van der Waals surface area contributed by atoms with Crippen molar-refractivity contribution in [1.82, 2.24) is 14.9 Å². The minimum Gasteiger partial charge on any atom is -0.508 e. The van der Waals surface area contributed by atoms with E-state index in [1.165, 1.54) is 17.9 Å². The first-order valence-electron chi connectivity index (χ1n) is 13.7. The Kier molecular flexibility index (Phi) is 8.90. The third-order valence-electron chi connectivity index (χ3n) is 7.31. The Bertz CT molecular complexity index is 1300. The summed E-state index contributed by atoms with van der Waals surface area (Å²) in [7, 11) is 0. The molecule has 1 atom stereocenters. The maximum absolute atomic E-state index is 10.1. The minimum absolute atomic E-state index is 0.160. The summed E-state index contributed by atoms with van der Waals surface area (Å²) in [5.74, 6) is 2.03. The molecule has 40 heavy (non-hydrogen) atoms. The van der Waals surface area contributed by atoms with E-state index in [-0.39, 0.29) is 11.8 Å². The molecule has 2 aliphatic heterocycles. The van der Waals surface area contributed by atoms with E-state index in [4.69, 9.17) is 20.1 Å². The maximum atomic E-state index is 10.1. The standard InChI is InChI=1S/C30H37N7O3/c1-2-27(39)32-23-8-6-21(7-9-23)20-36-12-10-24(11-13-36)33-29-26(19-31)30(37-14-16-40-17-15-37)35-28(34-29)22-4-3-5-25(38)18-22/h2-9,18-19,24,27,31-32,38-39H,1,10-17,20H2,(H,33,34,35). The molecule has 210 valence electrons. The first-order valence-corrected chi connectivity index (χ1v) is 13.7. The van der Waals surface area contributed by atoms with E-state index in [0.717, 1.165) is 43.7 Å². The molecule has 5 N–H and O–H groups in total. The average Bonchev–Trinajstić information content (AvgIpc) is 2.99. The van der Waals surface area contributed by atoms with Crippen LogP contribution in [0.15, 0.2) is 61.2 Å². The van der Waals surface area contributed by atoms with Gasteiger partial charge in [0.1, 0.15) is 23.6 Å². The smallest absolute Gasteiger partial charge is 0.164 e. The van der Waals surface area contributed by atoms with E-state index >= 15 is 0 Å². The number of phenols is 1. The largest absolute Gasteiger partial charge is 0.508 e. The molecule has 2 fully saturated rings. The summed E-state index contributed by atoms with van der Waals surface area (Å²) in [6.07, 6.45) is 3.92. The summed E-state index contributed by atoms with van der Waals surface area (Å²) >= 11 is 0. The van der Waals surface area contributed by atoms with E-state index in [1.54, 1.807) is 18.2 Å². The highest BCUT2D eigenvalue weighted by Gasteiger charge is 2.25. The number of hydrogen-bond donors (Lipinski definition) is 5. The first-order chi connectivity index (χ1) is 19.5. The third-order valence-corrected chi connectivity index (χ3v) is 7.31. The van der Waals surface area contributed by atoms with Crippen LogP contribution >= 0.6 is 0 Å². The zero-order valence-electron chi connectivity index (χ0n) is 22.6. The van der Waals surface area contributed by atoms with Crippen molar-refractivity contribution >= 4 is 23.5 Å². The van der Waals surface area contributed by atoms with Crippen molar-refractivity contribution in [3.63, 3.8) is 0 Å². The van der Waals surface area contributed by atoms with Crippen LogP contribution in [0.4, 0.5) is 17.3 Å². The average molecular weight is 544 g/mol. The van der Waals surface area contributed by atoms with Gasteiger partial charge in [-0.2, -0.15) is 0 Å². The zero-order valence-corrected chi connectivity index (χ0v) is 22.6. The predicted molar refractivity (Wildman–Crippen MR) is 158 cm³/mol. The van der Waals surface area contributed by atoms with E-state index in [1.807, 2.05) is 18.2 Å². The van der Waals surface area contributed by atoms with E-state index in [0.29, 0.717) is 49.3 Å². The highest BCUT2D eigenvalue weighted by molar-refractivity contribution is 5.92.